The smallest absolute Gasteiger partial charge is 0.251 e. The number of nitrogens with two attached hydrogens (primary N) is 1. The summed E-state index contributed by atoms with van der Waals surface area (Å²) in [4.78, 5) is 27.6. The van der Waals surface area contributed by atoms with E-state index in [-0.39, 0.29) is 42.6 Å². The summed E-state index contributed by atoms with van der Waals surface area (Å²) in [7, 11) is 1.55. The first-order valence-corrected chi connectivity index (χ1v) is 14.5. The fourth-order valence-corrected chi connectivity index (χ4v) is 5.58. The lowest BCUT2D eigenvalue weighted by Crippen LogP contribution is -2.39. The Hall–Kier alpha value is -3.57. The predicted molar refractivity (Wildman–Crippen MR) is 162 cm³/mol. The molecule has 0 bridgehead atoms. The van der Waals surface area contributed by atoms with Gasteiger partial charge in [0.1, 0.15) is 11.7 Å². The second kappa shape index (κ2) is 13.2. The Morgan fingerprint density at radius 3 is 2.64 bits per heavy atom. The van der Waals surface area contributed by atoms with Crippen molar-refractivity contribution < 1.29 is 19.0 Å². The number of benzene rings is 2. The van der Waals surface area contributed by atoms with E-state index in [0.717, 1.165) is 22.3 Å². The number of amides is 1. The molecule has 1 saturated heterocycles. The number of rotatable bonds is 7. The molecule has 0 aliphatic carbocycles. The van der Waals surface area contributed by atoms with Crippen LogP contribution in [0.25, 0.3) is 11.1 Å². The number of fused-ring (bicyclic) bond motifs is 3. The van der Waals surface area contributed by atoms with Crippen molar-refractivity contribution in [2.45, 2.75) is 51.5 Å². The van der Waals surface area contributed by atoms with Gasteiger partial charge in [-0.05, 0) is 59.4 Å². The third-order valence-electron chi connectivity index (χ3n) is 7.66. The standard InChI is InChI=1S/C31H36ClN5O5/c1-18(2)29-10-19-4-5-21(32)11-24(19)25-14-30(38)37(15-20(25)16-42-29)28(13-23-17-40-8-9-41-23)31(39)35-22-6-7-27(36-34-3)26(33)12-22/h4-7,11-12,14-15,18,23,28-29H,8-10,13,16-17,33H2,1-3H3,(H,35,39)/t23-,28+,29+/m1/s1. The van der Waals surface area contributed by atoms with E-state index in [4.69, 9.17) is 31.5 Å². The predicted octanol–water partition coefficient (Wildman–Crippen LogP) is 5.55. The quantitative estimate of drug-likeness (QED) is 0.273. The summed E-state index contributed by atoms with van der Waals surface area (Å²) < 4.78 is 19.3. The van der Waals surface area contributed by atoms with Crippen LogP contribution < -0.4 is 16.6 Å². The molecule has 222 valence electrons. The molecule has 2 aliphatic rings. The topological polar surface area (TPSA) is 130 Å². The Morgan fingerprint density at radius 1 is 1.12 bits per heavy atom. The Morgan fingerprint density at radius 2 is 1.93 bits per heavy atom. The normalized spacial score (nSPS) is 19.5. The summed E-state index contributed by atoms with van der Waals surface area (Å²) in [6.45, 7) is 5.78. The van der Waals surface area contributed by atoms with Crippen LogP contribution in [-0.2, 0) is 32.0 Å². The van der Waals surface area contributed by atoms with Crippen LogP contribution in [0.3, 0.4) is 0 Å². The van der Waals surface area contributed by atoms with Crippen molar-refractivity contribution in [1.29, 1.82) is 0 Å². The van der Waals surface area contributed by atoms with Gasteiger partial charge in [-0.2, -0.15) is 10.2 Å². The van der Waals surface area contributed by atoms with Gasteiger partial charge in [0.2, 0.25) is 5.91 Å². The Balaban J connectivity index is 1.55. The van der Waals surface area contributed by atoms with Gasteiger partial charge < -0.3 is 29.8 Å². The zero-order valence-corrected chi connectivity index (χ0v) is 24.8. The third-order valence-corrected chi connectivity index (χ3v) is 7.89. The monoisotopic (exact) mass is 593 g/mol. The SMILES string of the molecule is CN=Nc1ccc(NC(=O)[C@H](C[C@@H]2COCCO2)n2cc3c(cc2=O)-c2cc(Cl)ccc2C[C@@H](C(C)C)OC3)cc1N. The molecule has 1 amide bonds. The first kappa shape index (κ1) is 29.9. The van der Waals surface area contributed by atoms with Crippen LogP contribution in [0.15, 0.2) is 63.7 Å². The molecular weight excluding hydrogens is 558 g/mol. The maximum absolute atomic E-state index is 13.8. The molecule has 1 fully saturated rings. The number of ether oxygens (including phenoxy) is 3. The molecule has 3 atom stereocenters. The molecule has 11 heteroatoms. The van der Waals surface area contributed by atoms with Gasteiger partial charge in [-0.25, -0.2) is 0 Å². The number of nitrogens with one attached hydrogen (secondary N) is 1. The van der Waals surface area contributed by atoms with Gasteiger partial charge >= 0.3 is 0 Å². The highest BCUT2D eigenvalue weighted by Gasteiger charge is 2.30. The van der Waals surface area contributed by atoms with Gasteiger partial charge in [0.25, 0.3) is 5.56 Å². The molecule has 0 spiro atoms. The van der Waals surface area contributed by atoms with Crippen LogP contribution >= 0.6 is 11.6 Å². The number of halogens is 1. The highest BCUT2D eigenvalue weighted by Crippen LogP contribution is 2.35. The molecule has 42 heavy (non-hydrogen) atoms. The molecule has 1 aromatic heterocycles. The summed E-state index contributed by atoms with van der Waals surface area (Å²) in [6.07, 6.45) is 2.30. The second-order valence-corrected chi connectivity index (χ2v) is 11.4. The second-order valence-electron chi connectivity index (χ2n) is 10.9. The number of nitrogens with zero attached hydrogens (tertiary/aromatic N) is 3. The number of pyridine rings is 1. The fourth-order valence-electron chi connectivity index (χ4n) is 5.40. The minimum atomic E-state index is -0.893. The van der Waals surface area contributed by atoms with E-state index in [1.807, 2.05) is 18.2 Å². The molecular formula is C31H36ClN5O5. The van der Waals surface area contributed by atoms with Crippen LogP contribution in [0.1, 0.15) is 37.4 Å². The van der Waals surface area contributed by atoms with Gasteiger partial charge in [-0.15, -0.1) is 0 Å². The molecule has 2 aliphatic heterocycles. The lowest BCUT2D eigenvalue weighted by Gasteiger charge is -2.30. The van der Waals surface area contributed by atoms with Crippen LogP contribution in [0.2, 0.25) is 5.02 Å². The van der Waals surface area contributed by atoms with Gasteiger partial charge in [0.05, 0.1) is 44.3 Å². The van der Waals surface area contributed by atoms with Gasteiger partial charge in [0, 0.05) is 42.0 Å². The molecule has 3 N–H and O–H groups in total. The first-order chi connectivity index (χ1) is 20.2. The summed E-state index contributed by atoms with van der Waals surface area (Å²) in [5.74, 6) is -0.105. The summed E-state index contributed by atoms with van der Waals surface area (Å²) in [6, 6.07) is 11.4. The largest absolute Gasteiger partial charge is 0.397 e. The van der Waals surface area contributed by atoms with Crippen LogP contribution in [0.4, 0.5) is 17.1 Å². The van der Waals surface area contributed by atoms with E-state index in [1.54, 1.807) is 37.5 Å². The maximum Gasteiger partial charge on any atom is 0.251 e. The molecule has 0 unspecified atom stereocenters. The van der Waals surface area contributed by atoms with Gasteiger partial charge in [0.15, 0.2) is 0 Å². The Kier molecular flexibility index (Phi) is 9.37. The average Bonchev–Trinajstić information content (AvgIpc) is 2.96. The van der Waals surface area contributed by atoms with Crippen molar-refractivity contribution in [2.75, 3.05) is 37.9 Å². The zero-order chi connectivity index (χ0) is 29.8. The lowest BCUT2D eigenvalue weighted by atomic mass is 9.89. The van der Waals surface area contributed by atoms with E-state index >= 15 is 0 Å². The van der Waals surface area contributed by atoms with Crippen molar-refractivity contribution in [3.05, 3.63) is 75.2 Å². The number of aromatic nitrogens is 1. The van der Waals surface area contributed by atoms with E-state index in [2.05, 4.69) is 29.4 Å². The number of hydrogen-bond acceptors (Lipinski definition) is 8. The Bertz CT molecular complexity index is 1530. The first-order valence-electron chi connectivity index (χ1n) is 14.1. The minimum Gasteiger partial charge on any atom is -0.397 e. The summed E-state index contributed by atoms with van der Waals surface area (Å²) in [5.41, 5.74) is 10.6. The lowest BCUT2D eigenvalue weighted by molar-refractivity contribution is -0.124. The third kappa shape index (κ3) is 6.73. The van der Waals surface area contributed by atoms with E-state index < -0.39 is 6.04 Å². The van der Waals surface area contributed by atoms with E-state index in [1.165, 1.54) is 4.57 Å². The summed E-state index contributed by atoms with van der Waals surface area (Å²) >= 11 is 6.41. The number of azo groups is 1. The van der Waals surface area contributed by atoms with Gasteiger partial charge in [-0.3, -0.25) is 9.59 Å². The Labute approximate surface area is 249 Å². The minimum absolute atomic E-state index is 0.0222. The maximum atomic E-state index is 13.8. The molecule has 0 saturated carbocycles. The molecule has 10 nitrogen and oxygen atoms in total. The van der Waals surface area contributed by atoms with Gasteiger partial charge in [-0.1, -0.05) is 31.5 Å². The highest BCUT2D eigenvalue weighted by molar-refractivity contribution is 6.30. The molecule has 5 rings (SSSR count). The number of carbonyl (C=O) groups excluding carboxylic acids is 1. The number of hydrogen-bond donors (Lipinski definition) is 2. The zero-order valence-electron chi connectivity index (χ0n) is 24.0. The van der Waals surface area contributed by atoms with Crippen LogP contribution in [0.5, 0.6) is 0 Å². The van der Waals surface area contributed by atoms with E-state index in [9.17, 15) is 9.59 Å². The average molecular weight is 594 g/mol. The van der Waals surface area contributed by atoms with Crippen molar-refractivity contribution >= 4 is 34.6 Å². The van der Waals surface area contributed by atoms with Crippen molar-refractivity contribution in [2.24, 2.45) is 16.1 Å². The molecule has 3 aromatic rings. The van der Waals surface area contributed by atoms with E-state index in [0.29, 0.717) is 48.3 Å². The van der Waals surface area contributed by atoms with Crippen molar-refractivity contribution in [3.63, 3.8) is 0 Å². The number of nitrogen functional groups attached to an aromatic ring is 1. The molecule has 2 aromatic carbocycles. The van der Waals surface area contributed by atoms with Crippen molar-refractivity contribution in [3.8, 4) is 11.1 Å². The van der Waals surface area contributed by atoms with Crippen LogP contribution in [-0.4, -0.2) is 49.6 Å². The van der Waals surface area contributed by atoms with Crippen LogP contribution in [0, 0.1) is 5.92 Å². The number of carbonyl (C=O) groups is 1. The number of anilines is 2. The molecule has 0 radical (unpaired) electrons. The van der Waals surface area contributed by atoms with Crippen molar-refractivity contribution in [1.82, 2.24) is 4.57 Å². The molecule has 3 heterocycles. The highest BCUT2D eigenvalue weighted by atomic mass is 35.5. The summed E-state index contributed by atoms with van der Waals surface area (Å²) in [5, 5.41) is 11.2. The fraction of sp³-hybridized carbons (Fsp3) is 0.419.